The fourth-order valence-electron chi connectivity index (χ4n) is 2.06. The SMILES string of the molecule is COc1ccc(C(=O)CCCCC2=C=C=CC=C2)cc1. The van der Waals surface area contributed by atoms with Crippen LogP contribution in [0.3, 0.4) is 0 Å². The zero-order chi connectivity index (χ0) is 14.2. The molecule has 0 saturated carbocycles. The normalized spacial score (nSPS) is 12.3. The van der Waals surface area contributed by atoms with Gasteiger partial charge in [0.2, 0.25) is 0 Å². The van der Waals surface area contributed by atoms with E-state index in [4.69, 9.17) is 4.74 Å². The molecule has 0 bridgehead atoms. The van der Waals surface area contributed by atoms with Gasteiger partial charge in [0, 0.05) is 17.6 Å². The predicted octanol–water partition coefficient (Wildman–Crippen LogP) is 4.24. The average molecular weight is 266 g/mol. The van der Waals surface area contributed by atoms with E-state index < -0.39 is 0 Å². The first kappa shape index (κ1) is 14.1. The van der Waals surface area contributed by atoms with Crippen molar-refractivity contribution >= 4 is 5.78 Å². The predicted molar refractivity (Wildman–Crippen MR) is 80.0 cm³/mol. The number of methoxy groups -OCH3 is 1. The molecule has 20 heavy (non-hydrogen) atoms. The lowest BCUT2D eigenvalue weighted by molar-refractivity contribution is 0.0979. The van der Waals surface area contributed by atoms with E-state index in [1.54, 1.807) is 7.11 Å². The lowest BCUT2D eigenvalue weighted by atomic mass is 10.0. The molecular formula is C18H18O2. The highest BCUT2D eigenvalue weighted by Crippen LogP contribution is 2.15. The largest absolute Gasteiger partial charge is 0.497 e. The smallest absolute Gasteiger partial charge is 0.162 e. The van der Waals surface area contributed by atoms with Crippen molar-refractivity contribution in [2.24, 2.45) is 0 Å². The molecular weight excluding hydrogens is 248 g/mol. The van der Waals surface area contributed by atoms with Crippen molar-refractivity contribution in [3.05, 3.63) is 65.1 Å². The first-order valence-electron chi connectivity index (χ1n) is 6.84. The molecule has 0 saturated heterocycles. The summed E-state index contributed by atoms with van der Waals surface area (Å²) in [7, 11) is 1.62. The first-order valence-corrected chi connectivity index (χ1v) is 6.84. The van der Waals surface area contributed by atoms with Gasteiger partial charge in [-0.05, 0) is 49.6 Å². The van der Waals surface area contributed by atoms with Gasteiger partial charge in [-0.2, -0.15) is 0 Å². The summed E-state index contributed by atoms with van der Waals surface area (Å²) in [6, 6.07) is 7.28. The number of Topliss-reactive ketones (excluding diaryl/α,β-unsaturated/α-hetero) is 1. The number of benzene rings is 1. The van der Waals surface area contributed by atoms with Crippen LogP contribution >= 0.6 is 0 Å². The zero-order valence-electron chi connectivity index (χ0n) is 11.7. The molecule has 0 unspecified atom stereocenters. The lowest BCUT2D eigenvalue weighted by Crippen LogP contribution is -1.99. The van der Waals surface area contributed by atoms with Gasteiger partial charge in [-0.15, -0.1) is 0 Å². The second-order valence-electron chi connectivity index (χ2n) is 4.68. The van der Waals surface area contributed by atoms with Gasteiger partial charge < -0.3 is 4.74 Å². The number of ether oxygens (including phenoxy) is 1. The zero-order valence-corrected chi connectivity index (χ0v) is 11.7. The molecule has 0 aromatic heterocycles. The van der Waals surface area contributed by atoms with Crippen LogP contribution in [0.4, 0.5) is 0 Å². The van der Waals surface area contributed by atoms with E-state index in [1.807, 2.05) is 42.5 Å². The molecule has 0 amide bonds. The molecule has 0 N–H and O–H groups in total. The monoisotopic (exact) mass is 266 g/mol. The van der Waals surface area contributed by atoms with Crippen molar-refractivity contribution < 1.29 is 9.53 Å². The summed E-state index contributed by atoms with van der Waals surface area (Å²) in [6.07, 6.45) is 9.28. The van der Waals surface area contributed by atoms with Crippen LogP contribution in [0, 0.1) is 0 Å². The number of hydrogen-bond donors (Lipinski definition) is 0. The summed E-state index contributed by atoms with van der Waals surface area (Å²) in [5, 5.41) is 0. The molecule has 1 aromatic rings. The van der Waals surface area contributed by atoms with Gasteiger partial charge in [-0.25, -0.2) is 0 Å². The van der Waals surface area contributed by atoms with E-state index in [1.165, 1.54) is 0 Å². The molecule has 1 aromatic carbocycles. The molecule has 0 aliphatic heterocycles. The molecule has 2 heteroatoms. The van der Waals surface area contributed by atoms with Gasteiger partial charge in [-0.1, -0.05) is 23.6 Å². The number of unbranched alkanes of at least 4 members (excludes halogenated alkanes) is 1. The van der Waals surface area contributed by atoms with E-state index in [9.17, 15) is 4.79 Å². The van der Waals surface area contributed by atoms with Gasteiger partial charge in [0.1, 0.15) is 5.75 Å². The van der Waals surface area contributed by atoms with E-state index in [2.05, 4.69) is 11.5 Å². The Kier molecular flexibility index (Phi) is 5.20. The first-order chi connectivity index (χ1) is 9.79. The summed E-state index contributed by atoms with van der Waals surface area (Å²) in [4.78, 5) is 12.0. The summed E-state index contributed by atoms with van der Waals surface area (Å²) in [5.41, 5.74) is 7.93. The quantitative estimate of drug-likeness (QED) is 0.419. The Hall–Kier alpha value is -2.27. The number of hydrogen-bond acceptors (Lipinski definition) is 2. The third kappa shape index (κ3) is 4.13. The van der Waals surface area contributed by atoms with Crippen molar-refractivity contribution in [1.29, 1.82) is 0 Å². The Morgan fingerprint density at radius 1 is 1.20 bits per heavy atom. The Morgan fingerprint density at radius 3 is 2.65 bits per heavy atom. The maximum absolute atomic E-state index is 12.0. The lowest BCUT2D eigenvalue weighted by Gasteiger charge is -2.03. The van der Waals surface area contributed by atoms with E-state index in [-0.39, 0.29) is 5.78 Å². The molecule has 2 nitrogen and oxygen atoms in total. The number of allylic oxidation sites excluding steroid dienone is 4. The molecule has 1 aliphatic carbocycles. The summed E-state index contributed by atoms with van der Waals surface area (Å²) in [6.45, 7) is 0. The van der Waals surface area contributed by atoms with Crippen LogP contribution < -0.4 is 4.74 Å². The van der Waals surface area contributed by atoms with Crippen molar-refractivity contribution in [2.45, 2.75) is 25.7 Å². The number of rotatable bonds is 7. The van der Waals surface area contributed by atoms with Crippen molar-refractivity contribution in [2.75, 3.05) is 7.11 Å². The third-order valence-electron chi connectivity index (χ3n) is 3.22. The minimum Gasteiger partial charge on any atom is -0.497 e. The maximum atomic E-state index is 12.0. The molecule has 102 valence electrons. The Labute approximate surface area is 119 Å². The van der Waals surface area contributed by atoms with Crippen LogP contribution in [0.5, 0.6) is 5.75 Å². The fraction of sp³-hybridized carbons (Fsp3) is 0.278. The standard InChI is InChI=1S/C18H18O2/c1-20-17-13-11-16(12-14-17)18(19)10-6-5-9-15-7-3-2-4-8-15/h2-3,7,11-14H,5-6,9-10H2,1H3. The van der Waals surface area contributed by atoms with E-state index in [0.717, 1.165) is 36.1 Å². The van der Waals surface area contributed by atoms with Crippen LogP contribution in [0.25, 0.3) is 0 Å². The van der Waals surface area contributed by atoms with Crippen LogP contribution in [-0.2, 0) is 0 Å². The average Bonchev–Trinajstić information content (AvgIpc) is 2.52. The highest BCUT2D eigenvalue weighted by molar-refractivity contribution is 5.96. The molecule has 0 fully saturated rings. The fourth-order valence-corrected chi connectivity index (χ4v) is 2.06. The van der Waals surface area contributed by atoms with Gasteiger partial charge in [0.25, 0.3) is 0 Å². The molecule has 0 radical (unpaired) electrons. The molecule has 0 atom stereocenters. The van der Waals surface area contributed by atoms with E-state index in [0.29, 0.717) is 6.42 Å². The number of carbonyl (C=O) groups excluding carboxylic acids is 1. The topological polar surface area (TPSA) is 26.3 Å². The van der Waals surface area contributed by atoms with Crippen LogP contribution in [0.1, 0.15) is 36.0 Å². The number of carbonyl (C=O) groups is 1. The van der Waals surface area contributed by atoms with E-state index >= 15 is 0 Å². The summed E-state index contributed by atoms with van der Waals surface area (Å²) < 4.78 is 5.08. The summed E-state index contributed by atoms with van der Waals surface area (Å²) >= 11 is 0. The van der Waals surface area contributed by atoms with Crippen LogP contribution in [0.15, 0.2) is 59.5 Å². The van der Waals surface area contributed by atoms with Crippen LogP contribution in [-0.4, -0.2) is 12.9 Å². The molecule has 0 spiro atoms. The Morgan fingerprint density at radius 2 is 2.00 bits per heavy atom. The van der Waals surface area contributed by atoms with Gasteiger partial charge >= 0.3 is 0 Å². The third-order valence-corrected chi connectivity index (χ3v) is 3.22. The number of ketones is 1. The molecule has 0 heterocycles. The molecule has 1 aliphatic rings. The molecule has 2 rings (SSSR count). The highest BCUT2D eigenvalue weighted by atomic mass is 16.5. The minimum absolute atomic E-state index is 0.191. The van der Waals surface area contributed by atoms with Gasteiger partial charge in [0.15, 0.2) is 5.78 Å². The summed E-state index contributed by atoms with van der Waals surface area (Å²) in [5.74, 6) is 0.966. The second-order valence-corrected chi connectivity index (χ2v) is 4.68. The Balaban J connectivity index is 1.76. The Bertz CT molecular complexity index is 593. The maximum Gasteiger partial charge on any atom is 0.162 e. The van der Waals surface area contributed by atoms with Crippen molar-refractivity contribution in [1.82, 2.24) is 0 Å². The van der Waals surface area contributed by atoms with Gasteiger partial charge in [0.05, 0.1) is 7.11 Å². The van der Waals surface area contributed by atoms with Crippen molar-refractivity contribution in [3.63, 3.8) is 0 Å². The van der Waals surface area contributed by atoms with Crippen molar-refractivity contribution in [3.8, 4) is 5.75 Å². The minimum atomic E-state index is 0.191. The van der Waals surface area contributed by atoms with Crippen LogP contribution in [0.2, 0.25) is 0 Å². The second kappa shape index (κ2) is 7.35. The van der Waals surface area contributed by atoms with Gasteiger partial charge in [-0.3, -0.25) is 4.79 Å². The highest BCUT2D eigenvalue weighted by Gasteiger charge is 2.05.